The summed E-state index contributed by atoms with van der Waals surface area (Å²) in [5.74, 6) is 0.665. The normalized spacial score (nSPS) is 21.5. The highest BCUT2D eigenvalue weighted by Gasteiger charge is 2.33. The smallest absolute Gasteiger partial charge is 0.155 e. The second kappa shape index (κ2) is 7.57. The third-order valence-corrected chi connectivity index (χ3v) is 4.13. The maximum atomic E-state index is 12.9. The van der Waals surface area contributed by atoms with E-state index < -0.39 is 0 Å². The average molecular weight is 315 g/mol. The first-order chi connectivity index (χ1) is 11.2. The Balaban J connectivity index is 1.54. The summed E-state index contributed by atoms with van der Waals surface area (Å²) in [6.07, 6.45) is 1.01. The minimum absolute atomic E-state index is 0.0422. The van der Waals surface area contributed by atoms with Gasteiger partial charge in [-0.15, -0.1) is 0 Å². The highest BCUT2D eigenvalue weighted by atomic mass is 19.1. The zero-order chi connectivity index (χ0) is 16.1. The van der Waals surface area contributed by atoms with E-state index in [4.69, 9.17) is 9.47 Å². The standard InChI is InChI=1S/C19H22FNO2/c1-2-21-13-18(22-14-15-8-10-16(20)11-9-15)12-19(21)23-17-6-4-3-5-7-17/h3-11,18-19H,2,12-14H2,1H3. The van der Waals surface area contributed by atoms with Crippen molar-refractivity contribution in [1.82, 2.24) is 4.90 Å². The molecular weight excluding hydrogens is 293 g/mol. The van der Waals surface area contributed by atoms with E-state index in [0.717, 1.165) is 30.8 Å². The summed E-state index contributed by atoms with van der Waals surface area (Å²) in [5.41, 5.74) is 0.988. The molecule has 0 aromatic heterocycles. The molecule has 0 bridgehead atoms. The molecule has 1 saturated heterocycles. The van der Waals surface area contributed by atoms with Crippen LogP contribution in [0.3, 0.4) is 0 Å². The maximum absolute atomic E-state index is 12.9. The minimum Gasteiger partial charge on any atom is -0.475 e. The van der Waals surface area contributed by atoms with Crippen LogP contribution in [0, 0.1) is 5.82 Å². The van der Waals surface area contributed by atoms with Crippen molar-refractivity contribution < 1.29 is 13.9 Å². The molecule has 0 radical (unpaired) electrons. The predicted octanol–water partition coefficient (Wildman–Crippen LogP) is 3.84. The molecule has 3 rings (SSSR count). The second-order valence-corrected chi connectivity index (χ2v) is 5.77. The number of nitrogens with zero attached hydrogens (tertiary/aromatic N) is 1. The van der Waals surface area contributed by atoms with Crippen molar-refractivity contribution in [3.8, 4) is 5.75 Å². The number of likely N-dealkylation sites (N-methyl/N-ethyl adjacent to an activating group) is 1. The Morgan fingerprint density at radius 1 is 1.09 bits per heavy atom. The molecule has 1 fully saturated rings. The summed E-state index contributed by atoms with van der Waals surface area (Å²) in [6, 6.07) is 16.3. The Labute approximate surface area is 136 Å². The first kappa shape index (κ1) is 16.0. The SMILES string of the molecule is CCN1CC(OCc2ccc(F)cc2)CC1Oc1ccccc1. The summed E-state index contributed by atoms with van der Waals surface area (Å²) >= 11 is 0. The van der Waals surface area contributed by atoms with Gasteiger partial charge in [0.15, 0.2) is 6.23 Å². The van der Waals surface area contributed by atoms with Crippen molar-refractivity contribution >= 4 is 0 Å². The molecule has 1 aliphatic heterocycles. The third-order valence-electron chi connectivity index (χ3n) is 4.13. The number of likely N-dealkylation sites (tertiary alicyclic amines) is 1. The Morgan fingerprint density at radius 3 is 2.52 bits per heavy atom. The van der Waals surface area contributed by atoms with E-state index in [1.54, 1.807) is 12.1 Å². The van der Waals surface area contributed by atoms with E-state index in [0.29, 0.717) is 6.61 Å². The molecule has 0 aliphatic carbocycles. The van der Waals surface area contributed by atoms with Crippen LogP contribution < -0.4 is 4.74 Å². The summed E-state index contributed by atoms with van der Waals surface area (Å²) < 4.78 is 25.0. The summed E-state index contributed by atoms with van der Waals surface area (Å²) in [7, 11) is 0. The van der Waals surface area contributed by atoms with Crippen LogP contribution in [0.25, 0.3) is 0 Å². The highest BCUT2D eigenvalue weighted by molar-refractivity contribution is 5.21. The molecule has 2 unspecified atom stereocenters. The van der Waals surface area contributed by atoms with Gasteiger partial charge in [0, 0.05) is 13.0 Å². The van der Waals surface area contributed by atoms with Crippen molar-refractivity contribution in [3.63, 3.8) is 0 Å². The van der Waals surface area contributed by atoms with E-state index in [-0.39, 0.29) is 18.1 Å². The molecule has 0 N–H and O–H groups in total. The largest absolute Gasteiger partial charge is 0.475 e. The van der Waals surface area contributed by atoms with Crippen molar-refractivity contribution in [3.05, 3.63) is 66.0 Å². The van der Waals surface area contributed by atoms with Gasteiger partial charge >= 0.3 is 0 Å². The number of hydrogen-bond acceptors (Lipinski definition) is 3. The Kier molecular flexibility index (Phi) is 5.26. The predicted molar refractivity (Wildman–Crippen MR) is 87.7 cm³/mol. The fourth-order valence-corrected chi connectivity index (χ4v) is 2.85. The van der Waals surface area contributed by atoms with Gasteiger partial charge in [0.2, 0.25) is 0 Å². The van der Waals surface area contributed by atoms with Crippen LogP contribution in [0.1, 0.15) is 18.9 Å². The van der Waals surface area contributed by atoms with Crippen LogP contribution in [0.5, 0.6) is 5.75 Å². The molecular formula is C19H22FNO2. The molecule has 2 aromatic carbocycles. The lowest BCUT2D eigenvalue weighted by molar-refractivity contribution is 0.0447. The molecule has 122 valence electrons. The van der Waals surface area contributed by atoms with Gasteiger partial charge in [0.05, 0.1) is 12.7 Å². The third kappa shape index (κ3) is 4.30. The first-order valence-corrected chi connectivity index (χ1v) is 8.06. The number of para-hydroxylation sites is 1. The van der Waals surface area contributed by atoms with Gasteiger partial charge in [-0.3, -0.25) is 4.90 Å². The molecule has 1 aliphatic rings. The van der Waals surface area contributed by atoms with Crippen molar-refractivity contribution in [2.45, 2.75) is 32.3 Å². The zero-order valence-electron chi connectivity index (χ0n) is 13.3. The highest BCUT2D eigenvalue weighted by Crippen LogP contribution is 2.24. The van der Waals surface area contributed by atoms with Crippen LogP contribution in [0.15, 0.2) is 54.6 Å². The minimum atomic E-state index is -0.219. The number of halogens is 1. The monoisotopic (exact) mass is 315 g/mol. The zero-order valence-corrected chi connectivity index (χ0v) is 13.3. The molecule has 4 heteroatoms. The molecule has 2 atom stereocenters. The summed E-state index contributed by atoms with van der Waals surface area (Å²) in [4.78, 5) is 2.28. The van der Waals surface area contributed by atoms with E-state index in [1.165, 1.54) is 12.1 Å². The van der Waals surface area contributed by atoms with E-state index in [9.17, 15) is 4.39 Å². The number of benzene rings is 2. The number of hydrogen-bond donors (Lipinski definition) is 0. The molecule has 0 saturated carbocycles. The van der Waals surface area contributed by atoms with Crippen LogP contribution >= 0.6 is 0 Å². The van der Waals surface area contributed by atoms with Crippen molar-refractivity contribution in [1.29, 1.82) is 0 Å². The van der Waals surface area contributed by atoms with Crippen molar-refractivity contribution in [2.24, 2.45) is 0 Å². The van der Waals surface area contributed by atoms with Crippen LogP contribution in [-0.4, -0.2) is 30.3 Å². The second-order valence-electron chi connectivity index (χ2n) is 5.77. The quantitative estimate of drug-likeness (QED) is 0.808. The van der Waals surface area contributed by atoms with Gasteiger partial charge in [-0.2, -0.15) is 0 Å². The topological polar surface area (TPSA) is 21.7 Å². The average Bonchev–Trinajstić information content (AvgIpc) is 2.97. The van der Waals surface area contributed by atoms with E-state index >= 15 is 0 Å². The Hall–Kier alpha value is -1.91. The molecule has 0 amide bonds. The van der Waals surface area contributed by atoms with Gasteiger partial charge in [0.25, 0.3) is 0 Å². The van der Waals surface area contributed by atoms with Gasteiger partial charge in [-0.1, -0.05) is 37.3 Å². The van der Waals surface area contributed by atoms with Gasteiger partial charge < -0.3 is 9.47 Å². The summed E-state index contributed by atoms with van der Waals surface area (Å²) in [5, 5.41) is 0. The first-order valence-electron chi connectivity index (χ1n) is 8.06. The maximum Gasteiger partial charge on any atom is 0.155 e. The molecule has 1 heterocycles. The van der Waals surface area contributed by atoms with Crippen molar-refractivity contribution in [2.75, 3.05) is 13.1 Å². The van der Waals surface area contributed by atoms with Gasteiger partial charge in [0.1, 0.15) is 11.6 Å². The fraction of sp³-hybridized carbons (Fsp3) is 0.368. The number of ether oxygens (including phenoxy) is 2. The van der Waals surface area contributed by atoms with Crippen LogP contribution in [0.4, 0.5) is 4.39 Å². The van der Waals surface area contributed by atoms with Gasteiger partial charge in [-0.05, 0) is 36.4 Å². The molecule has 23 heavy (non-hydrogen) atoms. The molecule has 2 aromatic rings. The lowest BCUT2D eigenvalue weighted by Crippen LogP contribution is -2.33. The lowest BCUT2D eigenvalue weighted by Gasteiger charge is -2.23. The Bertz CT molecular complexity index is 603. The van der Waals surface area contributed by atoms with Crippen LogP contribution in [0.2, 0.25) is 0 Å². The van der Waals surface area contributed by atoms with E-state index in [2.05, 4.69) is 11.8 Å². The number of rotatable bonds is 6. The van der Waals surface area contributed by atoms with Crippen LogP contribution in [-0.2, 0) is 11.3 Å². The van der Waals surface area contributed by atoms with Gasteiger partial charge in [-0.25, -0.2) is 4.39 Å². The molecule has 0 spiro atoms. The molecule has 3 nitrogen and oxygen atoms in total. The summed E-state index contributed by atoms with van der Waals surface area (Å²) in [6.45, 7) is 4.41. The lowest BCUT2D eigenvalue weighted by atomic mass is 10.2. The van der Waals surface area contributed by atoms with E-state index in [1.807, 2.05) is 30.3 Å². The Morgan fingerprint density at radius 2 is 1.83 bits per heavy atom. The fourth-order valence-electron chi connectivity index (χ4n) is 2.85.